The Labute approximate surface area is 196 Å². The van der Waals surface area contributed by atoms with Gasteiger partial charge in [-0.05, 0) is 29.8 Å². The lowest BCUT2D eigenvalue weighted by molar-refractivity contribution is -0.140. The van der Waals surface area contributed by atoms with E-state index in [0.29, 0.717) is 11.4 Å². The number of fused-ring (bicyclic) bond motifs is 1. The maximum absolute atomic E-state index is 13.1. The van der Waals surface area contributed by atoms with Gasteiger partial charge < -0.3 is 15.0 Å². The summed E-state index contributed by atoms with van der Waals surface area (Å²) in [7, 11) is 4.76. The SMILES string of the molecule is COc1cccc(C2NC(SCC(=O)Nc3ccccc3)C3C(=O)N(C)C(=O)N(C)C3N2)c1. The van der Waals surface area contributed by atoms with E-state index >= 15 is 0 Å². The smallest absolute Gasteiger partial charge is 0.327 e. The molecule has 3 N–H and O–H groups in total. The zero-order chi connectivity index (χ0) is 23.5. The van der Waals surface area contributed by atoms with Crippen LogP contribution in [0.15, 0.2) is 54.6 Å². The summed E-state index contributed by atoms with van der Waals surface area (Å²) in [6, 6.07) is 16.4. The number of carbonyl (C=O) groups excluding carboxylic acids is 3. The fourth-order valence-electron chi connectivity index (χ4n) is 4.10. The van der Waals surface area contributed by atoms with Crippen LogP contribution in [0.2, 0.25) is 0 Å². The first-order chi connectivity index (χ1) is 15.9. The van der Waals surface area contributed by atoms with Gasteiger partial charge in [-0.3, -0.25) is 25.1 Å². The Morgan fingerprint density at radius 1 is 1.09 bits per heavy atom. The second-order valence-electron chi connectivity index (χ2n) is 7.95. The minimum Gasteiger partial charge on any atom is -0.497 e. The molecule has 2 aliphatic heterocycles. The number of para-hydroxylation sites is 1. The van der Waals surface area contributed by atoms with E-state index in [1.807, 2.05) is 54.6 Å². The zero-order valence-electron chi connectivity index (χ0n) is 18.6. The van der Waals surface area contributed by atoms with Crippen LogP contribution in [-0.2, 0) is 9.59 Å². The number of hydrogen-bond acceptors (Lipinski definition) is 7. The fraction of sp³-hybridized carbons (Fsp3) is 0.348. The Bertz CT molecular complexity index is 1040. The van der Waals surface area contributed by atoms with Gasteiger partial charge in [-0.1, -0.05) is 30.3 Å². The van der Waals surface area contributed by atoms with Gasteiger partial charge in [0.2, 0.25) is 11.8 Å². The molecule has 9 nitrogen and oxygen atoms in total. The molecule has 0 spiro atoms. The van der Waals surface area contributed by atoms with Gasteiger partial charge in [0.1, 0.15) is 5.75 Å². The average molecular weight is 470 g/mol. The highest BCUT2D eigenvalue weighted by Gasteiger charge is 2.51. The lowest BCUT2D eigenvalue weighted by Crippen LogP contribution is -2.72. The Morgan fingerprint density at radius 3 is 2.58 bits per heavy atom. The first-order valence-electron chi connectivity index (χ1n) is 10.6. The topological polar surface area (TPSA) is 103 Å². The van der Waals surface area contributed by atoms with Crippen molar-refractivity contribution < 1.29 is 19.1 Å². The molecule has 4 atom stereocenters. The Balaban J connectivity index is 1.55. The third-order valence-corrected chi connectivity index (χ3v) is 7.05. The molecule has 0 aromatic heterocycles. The molecule has 33 heavy (non-hydrogen) atoms. The normalized spacial score (nSPS) is 24.9. The van der Waals surface area contributed by atoms with Gasteiger partial charge in [-0.25, -0.2) is 4.79 Å². The van der Waals surface area contributed by atoms with Crippen LogP contribution in [0.4, 0.5) is 10.5 Å². The minimum atomic E-state index is -0.561. The zero-order valence-corrected chi connectivity index (χ0v) is 19.5. The van der Waals surface area contributed by atoms with Crippen LogP contribution < -0.4 is 20.7 Å². The molecule has 2 aliphatic rings. The van der Waals surface area contributed by atoms with E-state index < -0.39 is 17.5 Å². The highest BCUT2D eigenvalue weighted by molar-refractivity contribution is 8.00. The molecule has 4 unspecified atom stereocenters. The van der Waals surface area contributed by atoms with Gasteiger partial charge in [0.15, 0.2) is 0 Å². The molecule has 2 aromatic rings. The monoisotopic (exact) mass is 469 g/mol. The van der Waals surface area contributed by atoms with E-state index in [1.165, 1.54) is 23.7 Å². The Hall–Kier alpha value is -3.08. The summed E-state index contributed by atoms with van der Waals surface area (Å²) in [6.07, 6.45) is -0.865. The maximum atomic E-state index is 13.1. The molecule has 10 heteroatoms. The predicted octanol–water partition coefficient (Wildman–Crippen LogP) is 2.05. The number of amides is 4. The summed E-state index contributed by atoms with van der Waals surface area (Å²) in [5.41, 5.74) is 1.62. The lowest BCUT2D eigenvalue weighted by atomic mass is 9.96. The molecule has 0 saturated carbocycles. The van der Waals surface area contributed by atoms with Crippen LogP contribution in [0.5, 0.6) is 5.75 Å². The third-order valence-electron chi connectivity index (χ3n) is 5.83. The van der Waals surface area contributed by atoms with E-state index in [0.717, 1.165) is 10.5 Å². The van der Waals surface area contributed by atoms with Crippen molar-refractivity contribution in [1.29, 1.82) is 0 Å². The number of thioether (sulfide) groups is 1. The van der Waals surface area contributed by atoms with Gasteiger partial charge in [0.05, 0.1) is 36.5 Å². The minimum absolute atomic E-state index is 0.148. The van der Waals surface area contributed by atoms with Crippen LogP contribution in [-0.4, -0.2) is 66.1 Å². The maximum Gasteiger partial charge on any atom is 0.327 e. The van der Waals surface area contributed by atoms with Gasteiger partial charge >= 0.3 is 6.03 Å². The second-order valence-corrected chi connectivity index (χ2v) is 9.08. The molecule has 4 rings (SSSR count). The molecule has 174 valence electrons. The van der Waals surface area contributed by atoms with E-state index in [4.69, 9.17) is 4.74 Å². The van der Waals surface area contributed by atoms with Crippen molar-refractivity contribution in [3.8, 4) is 5.75 Å². The predicted molar refractivity (Wildman–Crippen MR) is 127 cm³/mol. The first-order valence-corrected chi connectivity index (χ1v) is 11.6. The average Bonchev–Trinajstić information content (AvgIpc) is 2.85. The van der Waals surface area contributed by atoms with Crippen molar-refractivity contribution >= 4 is 35.3 Å². The summed E-state index contributed by atoms with van der Waals surface area (Å²) >= 11 is 1.35. The first kappa shape index (κ1) is 23.1. The molecule has 4 amide bonds. The van der Waals surface area contributed by atoms with Crippen LogP contribution in [0, 0.1) is 5.92 Å². The lowest BCUT2D eigenvalue weighted by Gasteiger charge is -2.50. The van der Waals surface area contributed by atoms with Crippen molar-refractivity contribution in [3.05, 3.63) is 60.2 Å². The number of ether oxygens (including phenoxy) is 1. The molecule has 2 fully saturated rings. The summed E-state index contributed by atoms with van der Waals surface area (Å²) < 4.78 is 5.34. The number of rotatable bonds is 6. The molecule has 2 aromatic carbocycles. The summed E-state index contributed by atoms with van der Waals surface area (Å²) in [6.45, 7) is 0. The molecule has 0 bridgehead atoms. The van der Waals surface area contributed by atoms with Gasteiger partial charge in [0, 0.05) is 19.8 Å². The molecular formula is C23H27N5O4S. The van der Waals surface area contributed by atoms with E-state index in [9.17, 15) is 14.4 Å². The molecule has 0 aliphatic carbocycles. The van der Waals surface area contributed by atoms with E-state index in [2.05, 4.69) is 16.0 Å². The number of methoxy groups -OCH3 is 1. The molecule has 0 radical (unpaired) electrons. The molecule has 2 saturated heterocycles. The standard InChI is InChI=1S/C23H27N5O4S/c1-27-20-18(22(30)28(2)23(27)31)21(33-13-17(29)24-15-9-5-4-6-10-15)26-19(25-20)14-8-7-11-16(12-14)32-3/h4-12,18-21,25-26H,13H2,1-3H3,(H,24,29). The van der Waals surface area contributed by atoms with Crippen molar-refractivity contribution in [2.75, 3.05) is 32.3 Å². The number of urea groups is 1. The van der Waals surface area contributed by atoms with Crippen molar-refractivity contribution in [3.63, 3.8) is 0 Å². The number of carbonyl (C=O) groups is 3. The Morgan fingerprint density at radius 2 is 1.85 bits per heavy atom. The third kappa shape index (κ3) is 4.82. The summed E-state index contributed by atoms with van der Waals surface area (Å²) in [4.78, 5) is 40.9. The number of benzene rings is 2. The van der Waals surface area contributed by atoms with Crippen LogP contribution in [0.1, 0.15) is 11.7 Å². The highest BCUT2D eigenvalue weighted by atomic mass is 32.2. The van der Waals surface area contributed by atoms with Crippen molar-refractivity contribution in [2.45, 2.75) is 17.7 Å². The van der Waals surface area contributed by atoms with E-state index in [-0.39, 0.29) is 29.8 Å². The quantitative estimate of drug-likeness (QED) is 0.595. The number of nitrogens with zero attached hydrogens (tertiary/aromatic N) is 2. The van der Waals surface area contributed by atoms with Gasteiger partial charge in [-0.2, -0.15) is 0 Å². The number of nitrogens with one attached hydrogen (secondary N) is 3. The highest BCUT2D eigenvalue weighted by Crippen LogP contribution is 2.35. The summed E-state index contributed by atoms with van der Waals surface area (Å²) in [5.74, 6) is -0.159. The number of anilines is 1. The summed E-state index contributed by atoms with van der Waals surface area (Å²) in [5, 5.41) is 9.31. The van der Waals surface area contributed by atoms with Crippen molar-refractivity contribution in [2.24, 2.45) is 5.92 Å². The van der Waals surface area contributed by atoms with E-state index in [1.54, 1.807) is 14.2 Å². The second kappa shape index (κ2) is 9.82. The number of hydrogen-bond donors (Lipinski definition) is 3. The van der Waals surface area contributed by atoms with Crippen LogP contribution in [0.25, 0.3) is 0 Å². The van der Waals surface area contributed by atoms with Crippen LogP contribution >= 0.6 is 11.8 Å². The van der Waals surface area contributed by atoms with Crippen molar-refractivity contribution in [1.82, 2.24) is 20.4 Å². The largest absolute Gasteiger partial charge is 0.497 e. The Kier molecular flexibility index (Phi) is 6.87. The number of imide groups is 1. The fourth-order valence-corrected chi connectivity index (χ4v) is 5.20. The van der Waals surface area contributed by atoms with Gasteiger partial charge in [0.25, 0.3) is 0 Å². The van der Waals surface area contributed by atoms with Crippen LogP contribution in [0.3, 0.4) is 0 Å². The molecular weight excluding hydrogens is 442 g/mol. The van der Waals surface area contributed by atoms with Gasteiger partial charge in [-0.15, -0.1) is 11.8 Å². The molecule has 2 heterocycles.